The number of aromatic nitrogens is 2. The lowest BCUT2D eigenvalue weighted by Gasteiger charge is -2.07. The van der Waals surface area contributed by atoms with Crippen molar-refractivity contribution in [2.75, 3.05) is 0 Å². The average Bonchev–Trinajstić information content (AvgIpc) is 2.45. The van der Waals surface area contributed by atoms with E-state index in [1.807, 2.05) is 0 Å². The lowest BCUT2D eigenvalue weighted by Crippen LogP contribution is -2.10. The zero-order valence-corrected chi connectivity index (χ0v) is 10.3. The molecule has 0 spiro atoms. The van der Waals surface area contributed by atoms with Crippen molar-refractivity contribution in [3.8, 4) is 11.3 Å². The van der Waals surface area contributed by atoms with Crippen LogP contribution in [0.5, 0.6) is 0 Å². The molecule has 3 rings (SSSR count). The third-order valence-corrected chi connectivity index (χ3v) is 3.01. The molecular formula is C14H6F4N2O. The van der Waals surface area contributed by atoms with Crippen molar-refractivity contribution < 1.29 is 17.6 Å². The Hall–Kier alpha value is -2.70. The van der Waals surface area contributed by atoms with Gasteiger partial charge in [0.2, 0.25) is 0 Å². The molecule has 0 unspecified atom stereocenters. The second-order valence-corrected chi connectivity index (χ2v) is 4.34. The minimum Gasteiger partial charge on any atom is -0.267 e. The van der Waals surface area contributed by atoms with E-state index in [4.69, 9.17) is 0 Å². The molecule has 1 N–H and O–H groups in total. The highest BCUT2D eigenvalue weighted by molar-refractivity contribution is 5.93. The third-order valence-electron chi connectivity index (χ3n) is 3.01. The number of aromatic amines is 1. The van der Waals surface area contributed by atoms with Crippen LogP contribution >= 0.6 is 0 Å². The molecule has 106 valence electrons. The Kier molecular flexibility index (Phi) is 2.97. The fourth-order valence-corrected chi connectivity index (χ4v) is 2.04. The van der Waals surface area contributed by atoms with Crippen molar-refractivity contribution in [3.05, 3.63) is 64.0 Å². The van der Waals surface area contributed by atoms with Crippen LogP contribution in [0.1, 0.15) is 0 Å². The normalized spacial score (nSPS) is 11.0. The van der Waals surface area contributed by atoms with Gasteiger partial charge in [-0.15, -0.1) is 0 Å². The molecule has 0 aliphatic carbocycles. The Bertz CT molecular complexity index is 921. The van der Waals surface area contributed by atoms with E-state index in [1.165, 1.54) is 0 Å². The highest BCUT2D eigenvalue weighted by Crippen LogP contribution is 2.28. The van der Waals surface area contributed by atoms with E-state index in [-0.39, 0.29) is 22.0 Å². The lowest BCUT2D eigenvalue weighted by atomic mass is 10.0. The molecule has 7 heteroatoms. The SMILES string of the molecule is O=c1[nH]nc(-c2cc(F)ccc2F)c2cc(F)c(F)cc12. The first-order valence-electron chi connectivity index (χ1n) is 5.80. The molecule has 0 bridgehead atoms. The smallest absolute Gasteiger partial charge is 0.267 e. The maximum atomic E-state index is 13.8. The Morgan fingerprint density at radius 2 is 1.52 bits per heavy atom. The van der Waals surface area contributed by atoms with Crippen LogP contribution in [0.25, 0.3) is 22.0 Å². The molecule has 3 aromatic rings. The number of H-pyrrole nitrogens is 1. The number of hydrogen-bond acceptors (Lipinski definition) is 2. The molecule has 2 aromatic carbocycles. The van der Waals surface area contributed by atoms with Gasteiger partial charge in [-0.3, -0.25) is 4.79 Å². The molecule has 21 heavy (non-hydrogen) atoms. The van der Waals surface area contributed by atoms with Gasteiger partial charge in [-0.25, -0.2) is 22.7 Å². The van der Waals surface area contributed by atoms with E-state index in [0.717, 1.165) is 24.3 Å². The van der Waals surface area contributed by atoms with E-state index < -0.39 is 28.8 Å². The maximum absolute atomic E-state index is 13.8. The van der Waals surface area contributed by atoms with Crippen molar-refractivity contribution >= 4 is 10.8 Å². The van der Waals surface area contributed by atoms with Crippen LogP contribution in [0.15, 0.2) is 35.1 Å². The van der Waals surface area contributed by atoms with Gasteiger partial charge in [0.25, 0.3) is 5.56 Å². The number of fused-ring (bicyclic) bond motifs is 1. The summed E-state index contributed by atoms with van der Waals surface area (Å²) in [5.74, 6) is -3.96. The minimum atomic E-state index is -1.22. The second-order valence-electron chi connectivity index (χ2n) is 4.34. The molecule has 1 heterocycles. The van der Waals surface area contributed by atoms with Gasteiger partial charge in [-0.05, 0) is 30.3 Å². The molecule has 3 nitrogen and oxygen atoms in total. The Morgan fingerprint density at radius 3 is 2.24 bits per heavy atom. The van der Waals surface area contributed by atoms with Crippen LogP contribution < -0.4 is 5.56 Å². The summed E-state index contributed by atoms with van der Waals surface area (Å²) in [6, 6.07) is 4.06. The van der Waals surface area contributed by atoms with Gasteiger partial charge in [-0.1, -0.05) is 0 Å². The maximum Gasteiger partial charge on any atom is 0.272 e. The number of hydrogen-bond donors (Lipinski definition) is 1. The van der Waals surface area contributed by atoms with Crippen molar-refractivity contribution in [3.63, 3.8) is 0 Å². The largest absolute Gasteiger partial charge is 0.272 e. The summed E-state index contributed by atoms with van der Waals surface area (Å²) in [4.78, 5) is 11.6. The topological polar surface area (TPSA) is 45.8 Å². The summed E-state index contributed by atoms with van der Waals surface area (Å²) < 4.78 is 53.6. The summed E-state index contributed by atoms with van der Waals surface area (Å²) in [6.07, 6.45) is 0. The van der Waals surface area contributed by atoms with Crippen LogP contribution in [0, 0.1) is 23.3 Å². The first kappa shape index (κ1) is 13.3. The number of nitrogens with zero attached hydrogens (tertiary/aromatic N) is 1. The Labute approximate surface area is 114 Å². The summed E-state index contributed by atoms with van der Waals surface area (Å²) >= 11 is 0. The van der Waals surface area contributed by atoms with Gasteiger partial charge >= 0.3 is 0 Å². The summed E-state index contributed by atoms with van der Waals surface area (Å²) in [5, 5.41) is 5.35. The molecule has 0 aliphatic rings. The van der Waals surface area contributed by atoms with Crippen LogP contribution in [0.4, 0.5) is 17.6 Å². The second kappa shape index (κ2) is 4.69. The van der Waals surface area contributed by atoms with E-state index >= 15 is 0 Å². The lowest BCUT2D eigenvalue weighted by molar-refractivity contribution is 0.511. The zero-order chi connectivity index (χ0) is 15.1. The molecule has 0 radical (unpaired) electrons. The van der Waals surface area contributed by atoms with Crippen molar-refractivity contribution in [1.82, 2.24) is 10.2 Å². The molecule has 1 aromatic heterocycles. The number of halogens is 4. The van der Waals surface area contributed by atoms with E-state index in [0.29, 0.717) is 6.07 Å². The van der Waals surface area contributed by atoms with E-state index in [2.05, 4.69) is 10.2 Å². The molecule has 0 aliphatic heterocycles. The van der Waals surface area contributed by atoms with Crippen LogP contribution in [0.3, 0.4) is 0 Å². The molecular weight excluding hydrogens is 288 g/mol. The number of nitrogens with one attached hydrogen (secondary N) is 1. The Morgan fingerprint density at radius 1 is 0.857 bits per heavy atom. The average molecular weight is 294 g/mol. The van der Waals surface area contributed by atoms with E-state index in [1.54, 1.807) is 0 Å². The van der Waals surface area contributed by atoms with Crippen molar-refractivity contribution in [2.45, 2.75) is 0 Å². The number of rotatable bonds is 1. The summed E-state index contributed by atoms with van der Waals surface area (Å²) in [5.41, 5.74) is -1.20. The fraction of sp³-hybridized carbons (Fsp3) is 0. The van der Waals surface area contributed by atoms with Gasteiger partial charge < -0.3 is 0 Å². The van der Waals surface area contributed by atoms with E-state index in [9.17, 15) is 22.4 Å². The van der Waals surface area contributed by atoms with Gasteiger partial charge in [0.1, 0.15) is 17.3 Å². The highest BCUT2D eigenvalue weighted by atomic mass is 19.2. The van der Waals surface area contributed by atoms with Crippen LogP contribution in [-0.2, 0) is 0 Å². The first-order chi connectivity index (χ1) is 9.97. The predicted octanol–water partition coefficient (Wildman–Crippen LogP) is 3.15. The molecule has 0 saturated carbocycles. The predicted molar refractivity (Wildman–Crippen MR) is 67.6 cm³/mol. The van der Waals surface area contributed by atoms with Gasteiger partial charge in [0.05, 0.1) is 5.39 Å². The highest BCUT2D eigenvalue weighted by Gasteiger charge is 2.16. The monoisotopic (exact) mass is 294 g/mol. The van der Waals surface area contributed by atoms with Crippen molar-refractivity contribution in [2.24, 2.45) is 0 Å². The molecule has 0 fully saturated rings. The number of benzene rings is 2. The van der Waals surface area contributed by atoms with Crippen LogP contribution in [-0.4, -0.2) is 10.2 Å². The van der Waals surface area contributed by atoms with Gasteiger partial charge in [-0.2, -0.15) is 5.10 Å². The standard InChI is InChI=1S/C14H6F4N2O/c15-6-1-2-10(16)9(3-6)13-7-4-11(17)12(18)5-8(7)14(21)20-19-13/h1-5H,(H,20,21). The fourth-order valence-electron chi connectivity index (χ4n) is 2.04. The summed E-state index contributed by atoms with van der Waals surface area (Å²) in [7, 11) is 0. The van der Waals surface area contributed by atoms with Gasteiger partial charge in [0, 0.05) is 10.9 Å². The van der Waals surface area contributed by atoms with Crippen LogP contribution in [0.2, 0.25) is 0 Å². The molecule has 0 saturated heterocycles. The summed E-state index contributed by atoms with van der Waals surface area (Å²) in [6.45, 7) is 0. The zero-order valence-electron chi connectivity index (χ0n) is 10.3. The van der Waals surface area contributed by atoms with Crippen molar-refractivity contribution in [1.29, 1.82) is 0 Å². The quantitative estimate of drug-likeness (QED) is 0.701. The minimum absolute atomic E-state index is 0.109. The molecule has 0 atom stereocenters. The van der Waals surface area contributed by atoms with Gasteiger partial charge in [0.15, 0.2) is 11.6 Å². The first-order valence-corrected chi connectivity index (χ1v) is 5.80. The third kappa shape index (κ3) is 2.16. The molecule has 0 amide bonds. The Balaban J connectivity index is 2.43.